The molecule has 0 radical (unpaired) electrons. The van der Waals surface area contributed by atoms with E-state index in [-0.39, 0.29) is 41.0 Å². The third-order valence-electron chi connectivity index (χ3n) is 7.00. The maximum atomic E-state index is 13.2. The average molecular weight is 475 g/mol. The number of allylic oxidation sites excluding steroid dienone is 2. The maximum Gasteiger partial charge on any atom is 0.338 e. The number of hydrogen-bond acceptors (Lipinski definition) is 6. The van der Waals surface area contributed by atoms with Crippen LogP contribution in [0.2, 0.25) is 0 Å². The van der Waals surface area contributed by atoms with Crippen LogP contribution in [0.3, 0.4) is 0 Å². The van der Waals surface area contributed by atoms with Gasteiger partial charge in [0.05, 0.1) is 29.7 Å². The van der Waals surface area contributed by atoms with Crippen LogP contribution in [0.15, 0.2) is 60.2 Å². The molecular weight excluding hydrogens is 448 g/mol. The van der Waals surface area contributed by atoms with E-state index in [1.165, 1.54) is 22.6 Å². The Labute approximate surface area is 202 Å². The summed E-state index contributed by atoms with van der Waals surface area (Å²) < 4.78 is 10.5. The largest absolute Gasteiger partial charge is 0.494 e. The molecule has 35 heavy (non-hydrogen) atoms. The molecule has 8 heteroatoms. The lowest BCUT2D eigenvalue weighted by Gasteiger charge is -2.19. The predicted octanol–water partition coefficient (Wildman–Crippen LogP) is 3.58. The third kappa shape index (κ3) is 4.09. The van der Waals surface area contributed by atoms with E-state index >= 15 is 0 Å². The quantitative estimate of drug-likeness (QED) is 0.374. The molecule has 1 saturated heterocycles. The SMILES string of the molecule is CCOc1ccc(NC(=O)COC(=O)c2cccc(N3C(=O)[C@@H]4[C@@H](C3=O)[C@H]3C=C(C)[C@H]4C3)c2)cc1. The van der Waals surface area contributed by atoms with E-state index in [0.29, 0.717) is 23.7 Å². The second-order valence-electron chi connectivity index (χ2n) is 9.11. The van der Waals surface area contributed by atoms with Crippen molar-refractivity contribution in [2.24, 2.45) is 23.7 Å². The fraction of sp³-hybridized carbons (Fsp3) is 0.333. The van der Waals surface area contributed by atoms with Gasteiger partial charge in [-0.25, -0.2) is 9.69 Å². The minimum absolute atomic E-state index is 0.105. The van der Waals surface area contributed by atoms with E-state index in [2.05, 4.69) is 11.4 Å². The molecular formula is C27H26N2O6. The Bertz CT molecular complexity index is 1230. The fourth-order valence-electron chi connectivity index (χ4n) is 5.51. The van der Waals surface area contributed by atoms with Crippen LogP contribution < -0.4 is 15.0 Å². The summed E-state index contributed by atoms with van der Waals surface area (Å²) in [7, 11) is 0. The van der Waals surface area contributed by atoms with Crippen molar-refractivity contribution in [1.82, 2.24) is 0 Å². The van der Waals surface area contributed by atoms with Gasteiger partial charge in [-0.05, 0) is 74.6 Å². The minimum atomic E-state index is -0.717. The van der Waals surface area contributed by atoms with E-state index in [4.69, 9.17) is 9.47 Å². The number of hydrogen-bond donors (Lipinski definition) is 1. The van der Waals surface area contributed by atoms with Crippen LogP contribution in [-0.2, 0) is 19.1 Å². The highest BCUT2D eigenvalue weighted by molar-refractivity contribution is 6.23. The zero-order chi connectivity index (χ0) is 24.7. The van der Waals surface area contributed by atoms with Gasteiger partial charge < -0.3 is 14.8 Å². The number of imide groups is 1. The summed E-state index contributed by atoms with van der Waals surface area (Å²) in [5.74, 6) is -1.36. The van der Waals surface area contributed by atoms with Crippen LogP contribution in [0.5, 0.6) is 5.75 Å². The standard InChI is InChI=1S/C27H26N2O6/c1-3-34-20-9-7-18(8-10-20)28-22(30)14-35-27(33)16-5-4-6-19(12-16)29-25(31)23-17-11-15(2)21(13-17)24(23)26(29)32/h4-12,17,21,23-24H,3,13-14H2,1-2H3,(H,28,30)/t17-,21+,23-,24-/m0/s1. The molecule has 3 amide bonds. The van der Waals surface area contributed by atoms with E-state index in [0.717, 1.165) is 6.42 Å². The van der Waals surface area contributed by atoms with Crippen LogP contribution in [0.4, 0.5) is 11.4 Å². The summed E-state index contributed by atoms with van der Waals surface area (Å²) in [6.07, 6.45) is 2.98. The molecule has 2 aromatic carbocycles. The Kier molecular flexibility index (Phi) is 5.88. The van der Waals surface area contributed by atoms with Crippen molar-refractivity contribution in [2.75, 3.05) is 23.4 Å². The summed E-state index contributed by atoms with van der Waals surface area (Å²) in [5, 5.41) is 2.65. The monoisotopic (exact) mass is 474 g/mol. The maximum absolute atomic E-state index is 13.2. The Morgan fingerprint density at radius 1 is 1.06 bits per heavy atom. The second kappa shape index (κ2) is 9.02. The number of ether oxygens (including phenoxy) is 2. The number of nitrogens with one attached hydrogen (secondary N) is 1. The summed E-state index contributed by atoms with van der Waals surface area (Å²) in [4.78, 5) is 52.3. The third-order valence-corrected chi connectivity index (χ3v) is 7.00. The number of amides is 3. The summed E-state index contributed by atoms with van der Waals surface area (Å²) in [6.45, 7) is 3.97. The van der Waals surface area contributed by atoms with Crippen molar-refractivity contribution in [3.05, 3.63) is 65.7 Å². The molecule has 0 spiro atoms. The van der Waals surface area contributed by atoms with Crippen LogP contribution in [0, 0.1) is 23.7 Å². The molecule has 3 aliphatic rings. The number of carbonyl (C=O) groups excluding carboxylic acids is 4. The van der Waals surface area contributed by atoms with Gasteiger partial charge in [0.25, 0.3) is 5.91 Å². The molecule has 5 rings (SSSR count). The number of esters is 1. The normalized spacial score (nSPS) is 24.3. The Balaban J connectivity index is 1.21. The minimum Gasteiger partial charge on any atom is -0.494 e. The highest BCUT2D eigenvalue weighted by Gasteiger charge is 2.60. The molecule has 0 aromatic heterocycles. The topological polar surface area (TPSA) is 102 Å². The summed E-state index contributed by atoms with van der Waals surface area (Å²) >= 11 is 0. The van der Waals surface area contributed by atoms with Crippen molar-refractivity contribution in [2.45, 2.75) is 20.3 Å². The van der Waals surface area contributed by atoms with Crippen LogP contribution in [0.25, 0.3) is 0 Å². The van der Waals surface area contributed by atoms with Gasteiger partial charge in [0.1, 0.15) is 5.75 Å². The number of carbonyl (C=O) groups is 4. The highest BCUT2D eigenvalue weighted by Crippen LogP contribution is 2.55. The van der Waals surface area contributed by atoms with Crippen LogP contribution in [0.1, 0.15) is 30.6 Å². The number of rotatable bonds is 7. The van der Waals surface area contributed by atoms with Gasteiger partial charge in [-0.3, -0.25) is 14.4 Å². The molecule has 2 bridgehead atoms. The Morgan fingerprint density at radius 2 is 1.80 bits per heavy atom. The highest BCUT2D eigenvalue weighted by atomic mass is 16.5. The molecule has 180 valence electrons. The van der Waals surface area contributed by atoms with Crippen molar-refractivity contribution >= 4 is 35.1 Å². The molecule has 0 unspecified atom stereocenters. The second-order valence-corrected chi connectivity index (χ2v) is 9.11. The molecule has 2 aliphatic carbocycles. The number of benzene rings is 2. The molecule has 1 heterocycles. The smallest absolute Gasteiger partial charge is 0.338 e. The first-order valence-corrected chi connectivity index (χ1v) is 11.7. The predicted molar refractivity (Wildman–Crippen MR) is 128 cm³/mol. The van der Waals surface area contributed by atoms with Gasteiger partial charge in [-0.1, -0.05) is 17.7 Å². The Morgan fingerprint density at radius 3 is 2.54 bits per heavy atom. The molecule has 8 nitrogen and oxygen atoms in total. The lowest BCUT2D eigenvalue weighted by atomic mass is 9.82. The van der Waals surface area contributed by atoms with E-state index in [1.807, 2.05) is 13.8 Å². The lowest BCUT2D eigenvalue weighted by molar-refractivity contribution is -0.123. The molecule has 4 atom stereocenters. The fourth-order valence-corrected chi connectivity index (χ4v) is 5.51. The first-order chi connectivity index (χ1) is 16.9. The first-order valence-electron chi connectivity index (χ1n) is 11.7. The van der Waals surface area contributed by atoms with Gasteiger partial charge in [0.2, 0.25) is 11.8 Å². The van der Waals surface area contributed by atoms with Gasteiger partial charge >= 0.3 is 5.97 Å². The molecule has 2 aromatic rings. The molecule has 2 fully saturated rings. The molecule has 1 saturated carbocycles. The van der Waals surface area contributed by atoms with Crippen molar-refractivity contribution < 1.29 is 28.7 Å². The zero-order valence-electron chi connectivity index (χ0n) is 19.5. The molecule has 1 aliphatic heterocycles. The Hall–Kier alpha value is -3.94. The summed E-state index contributed by atoms with van der Waals surface area (Å²) in [5.41, 5.74) is 2.23. The van der Waals surface area contributed by atoms with Crippen molar-refractivity contribution in [3.63, 3.8) is 0 Å². The zero-order valence-corrected chi connectivity index (χ0v) is 19.5. The van der Waals surface area contributed by atoms with Crippen molar-refractivity contribution in [3.8, 4) is 5.75 Å². The molecule has 1 N–H and O–H groups in total. The number of fused-ring (bicyclic) bond motifs is 5. The van der Waals surface area contributed by atoms with E-state index < -0.39 is 18.5 Å². The van der Waals surface area contributed by atoms with Gasteiger partial charge in [-0.2, -0.15) is 0 Å². The summed E-state index contributed by atoms with van der Waals surface area (Å²) in [6, 6.07) is 13.1. The number of anilines is 2. The lowest BCUT2D eigenvalue weighted by Crippen LogP contribution is -2.33. The van der Waals surface area contributed by atoms with Crippen LogP contribution >= 0.6 is 0 Å². The van der Waals surface area contributed by atoms with E-state index in [9.17, 15) is 19.2 Å². The van der Waals surface area contributed by atoms with Crippen molar-refractivity contribution in [1.29, 1.82) is 0 Å². The van der Waals surface area contributed by atoms with Gasteiger partial charge in [0.15, 0.2) is 6.61 Å². The number of nitrogens with zero attached hydrogens (tertiary/aromatic N) is 1. The van der Waals surface area contributed by atoms with Gasteiger partial charge in [-0.15, -0.1) is 0 Å². The van der Waals surface area contributed by atoms with Crippen LogP contribution in [-0.4, -0.2) is 36.9 Å². The van der Waals surface area contributed by atoms with Gasteiger partial charge in [0, 0.05) is 5.69 Å². The average Bonchev–Trinajstić information content (AvgIpc) is 3.49. The van der Waals surface area contributed by atoms with E-state index in [1.54, 1.807) is 36.4 Å². The first kappa shape index (κ1) is 22.8.